The number of aliphatic hydroxyl groups excluding tert-OH is 1. The molecule has 2 saturated heterocycles. The number of pyridine rings is 1. The number of likely N-dealkylation sites (tertiary alicyclic amines) is 1. The number of anilines is 1. The molecule has 2 aromatic heterocycles. The van der Waals surface area contributed by atoms with Crippen LogP contribution in [0.1, 0.15) is 57.8 Å². The second kappa shape index (κ2) is 10.4. The predicted octanol–water partition coefficient (Wildman–Crippen LogP) is 4.28. The fourth-order valence-electron chi connectivity index (χ4n) is 5.78. The van der Waals surface area contributed by atoms with Crippen molar-refractivity contribution in [3.05, 3.63) is 51.7 Å². The lowest BCUT2D eigenvalue weighted by Gasteiger charge is -2.28. The maximum Gasteiger partial charge on any atom is 0.223 e. The second-order valence-electron chi connectivity index (χ2n) is 11.8. The smallest absolute Gasteiger partial charge is 0.223 e. The SMILES string of the molecule is Cc1c(CN2CCC(C)(C)C2)n(C(C)C)c2cc(-c3nc(N[C@@H]4CCOC[C@H]4O)ncc3F)ccc2c1=O. The first-order chi connectivity index (χ1) is 18.0. The first-order valence-electron chi connectivity index (χ1n) is 13.5. The molecule has 0 amide bonds. The highest BCUT2D eigenvalue weighted by Gasteiger charge is 2.30. The number of rotatable bonds is 6. The Morgan fingerprint density at radius 3 is 2.79 bits per heavy atom. The standard InChI is InChI=1S/C29H38FN5O3/c1-17(2)35-23-12-19(26-21(30)13-31-28(33-26)32-22-8-11-38-15-25(22)36)6-7-20(23)27(37)18(3)24(35)14-34-10-9-29(4,5)16-34/h6-7,12-13,17,22,25,36H,8-11,14-16H2,1-5H3,(H,31,32,33)/t22-,25-/m1/s1. The highest BCUT2D eigenvalue weighted by Crippen LogP contribution is 2.32. The van der Waals surface area contributed by atoms with E-state index in [1.54, 1.807) is 12.1 Å². The van der Waals surface area contributed by atoms with Gasteiger partial charge in [-0.2, -0.15) is 0 Å². The zero-order chi connectivity index (χ0) is 27.2. The summed E-state index contributed by atoms with van der Waals surface area (Å²) in [5.41, 5.74) is 3.53. The van der Waals surface area contributed by atoms with Crippen molar-refractivity contribution in [3.8, 4) is 11.3 Å². The van der Waals surface area contributed by atoms with Crippen molar-refractivity contribution in [2.45, 2.75) is 72.2 Å². The van der Waals surface area contributed by atoms with E-state index in [0.717, 1.165) is 42.5 Å². The molecule has 5 rings (SSSR count). The van der Waals surface area contributed by atoms with Crippen LogP contribution in [0.3, 0.4) is 0 Å². The van der Waals surface area contributed by atoms with E-state index in [1.807, 2.05) is 13.0 Å². The summed E-state index contributed by atoms with van der Waals surface area (Å²) in [6.45, 7) is 14.1. The average Bonchev–Trinajstić information content (AvgIpc) is 3.22. The number of benzene rings is 1. The fourth-order valence-corrected chi connectivity index (χ4v) is 5.78. The van der Waals surface area contributed by atoms with Crippen LogP contribution in [0.15, 0.2) is 29.2 Å². The monoisotopic (exact) mass is 523 g/mol. The Kier molecular flexibility index (Phi) is 7.28. The van der Waals surface area contributed by atoms with Gasteiger partial charge in [-0.3, -0.25) is 9.69 Å². The molecular formula is C29H38FN5O3. The van der Waals surface area contributed by atoms with Crippen molar-refractivity contribution in [2.24, 2.45) is 5.41 Å². The van der Waals surface area contributed by atoms with Crippen LogP contribution in [0.4, 0.5) is 10.3 Å². The van der Waals surface area contributed by atoms with E-state index < -0.39 is 11.9 Å². The van der Waals surface area contributed by atoms with E-state index >= 15 is 4.39 Å². The van der Waals surface area contributed by atoms with E-state index in [0.29, 0.717) is 30.5 Å². The zero-order valence-electron chi connectivity index (χ0n) is 22.9. The lowest BCUT2D eigenvalue weighted by Crippen LogP contribution is -2.42. The normalized spacial score (nSPS) is 21.9. The molecule has 8 nitrogen and oxygen atoms in total. The molecule has 2 fully saturated rings. The van der Waals surface area contributed by atoms with Crippen LogP contribution < -0.4 is 10.7 Å². The summed E-state index contributed by atoms with van der Waals surface area (Å²) in [4.78, 5) is 24.5. The minimum absolute atomic E-state index is 0.0101. The quantitative estimate of drug-likeness (QED) is 0.498. The topological polar surface area (TPSA) is 92.5 Å². The molecule has 0 saturated carbocycles. The molecule has 204 valence electrons. The van der Waals surface area contributed by atoms with Crippen LogP contribution in [0, 0.1) is 18.2 Å². The summed E-state index contributed by atoms with van der Waals surface area (Å²) in [6.07, 6.45) is 2.18. The Bertz CT molecular complexity index is 1400. The minimum atomic E-state index is -0.690. The molecule has 2 atom stereocenters. The van der Waals surface area contributed by atoms with Gasteiger partial charge in [-0.1, -0.05) is 19.9 Å². The maximum absolute atomic E-state index is 15.0. The van der Waals surface area contributed by atoms with Crippen molar-refractivity contribution >= 4 is 16.9 Å². The van der Waals surface area contributed by atoms with E-state index in [1.165, 1.54) is 0 Å². The van der Waals surface area contributed by atoms with Crippen LogP contribution in [0.25, 0.3) is 22.2 Å². The van der Waals surface area contributed by atoms with Gasteiger partial charge in [0, 0.05) is 47.9 Å². The Labute approximate surface area is 222 Å². The Balaban J connectivity index is 1.57. The van der Waals surface area contributed by atoms with Gasteiger partial charge >= 0.3 is 0 Å². The molecule has 0 radical (unpaired) electrons. The molecule has 0 bridgehead atoms. The highest BCUT2D eigenvalue weighted by atomic mass is 19.1. The number of fused-ring (bicyclic) bond motifs is 1. The highest BCUT2D eigenvalue weighted by molar-refractivity contribution is 5.85. The van der Waals surface area contributed by atoms with Gasteiger partial charge in [-0.25, -0.2) is 14.4 Å². The van der Waals surface area contributed by atoms with Crippen molar-refractivity contribution in [1.29, 1.82) is 0 Å². The number of aromatic nitrogens is 3. The van der Waals surface area contributed by atoms with E-state index in [4.69, 9.17) is 4.74 Å². The van der Waals surface area contributed by atoms with Crippen LogP contribution in [0.2, 0.25) is 0 Å². The molecule has 0 unspecified atom stereocenters. The fraction of sp³-hybridized carbons (Fsp3) is 0.552. The predicted molar refractivity (Wildman–Crippen MR) is 147 cm³/mol. The molecule has 1 aromatic carbocycles. The number of hydrogen-bond acceptors (Lipinski definition) is 7. The third-order valence-corrected chi connectivity index (χ3v) is 7.87. The van der Waals surface area contributed by atoms with Gasteiger partial charge < -0.3 is 19.7 Å². The Morgan fingerprint density at radius 2 is 2.11 bits per heavy atom. The lowest BCUT2D eigenvalue weighted by molar-refractivity contribution is -0.0136. The number of nitrogens with zero attached hydrogens (tertiary/aromatic N) is 4. The van der Waals surface area contributed by atoms with Gasteiger partial charge in [0.1, 0.15) is 5.69 Å². The van der Waals surface area contributed by atoms with E-state index in [9.17, 15) is 9.90 Å². The summed E-state index contributed by atoms with van der Waals surface area (Å²) in [5, 5.41) is 14.0. The molecule has 4 heterocycles. The summed E-state index contributed by atoms with van der Waals surface area (Å²) < 4.78 is 22.5. The van der Waals surface area contributed by atoms with Gasteiger partial charge in [0.25, 0.3) is 0 Å². The molecule has 3 aromatic rings. The van der Waals surface area contributed by atoms with Gasteiger partial charge in [0.2, 0.25) is 5.95 Å². The minimum Gasteiger partial charge on any atom is -0.389 e. The Morgan fingerprint density at radius 1 is 1.32 bits per heavy atom. The third kappa shape index (κ3) is 5.19. The largest absolute Gasteiger partial charge is 0.389 e. The van der Waals surface area contributed by atoms with Crippen molar-refractivity contribution in [3.63, 3.8) is 0 Å². The van der Waals surface area contributed by atoms with Crippen LogP contribution in [-0.2, 0) is 11.3 Å². The summed E-state index contributed by atoms with van der Waals surface area (Å²) in [5.74, 6) is -0.303. The van der Waals surface area contributed by atoms with Crippen molar-refractivity contribution < 1.29 is 14.2 Å². The second-order valence-corrected chi connectivity index (χ2v) is 11.8. The first kappa shape index (κ1) is 26.7. The van der Waals surface area contributed by atoms with Gasteiger partial charge in [0.05, 0.1) is 30.5 Å². The molecule has 2 N–H and O–H groups in total. The number of aliphatic hydroxyl groups is 1. The van der Waals surface area contributed by atoms with E-state index in [2.05, 4.69) is 52.4 Å². The molecule has 38 heavy (non-hydrogen) atoms. The van der Waals surface area contributed by atoms with Gasteiger partial charge in [-0.05, 0) is 57.7 Å². The van der Waals surface area contributed by atoms with Crippen LogP contribution in [0.5, 0.6) is 0 Å². The summed E-state index contributed by atoms with van der Waals surface area (Å²) in [7, 11) is 0. The number of ether oxygens (including phenoxy) is 1. The molecule has 2 aliphatic rings. The zero-order valence-corrected chi connectivity index (χ0v) is 22.9. The summed E-state index contributed by atoms with van der Waals surface area (Å²) >= 11 is 0. The first-order valence-corrected chi connectivity index (χ1v) is 13.5. The molecule has 9 heteroatoms. The maximum atomic E-state index is 15.0. The Hall–Kier alpha value is -2.88. The van der Waals surface area contributed by atoms with Crippen molar-refractivity contribution in [2.75, 3.05) is 31.6 Å². The molecule has 2 aliphatic heterocycles. The van der Waals surface area contributed by atoms with Crippen LogP contribution >= 0.6 is 0 Å². The third-order valence-electron chi connectivity index (χ3n) is 7.87. The molecule has 0 spiro atoms. The van der Waals surface area contributed by atoms with Crippen molar-refractivity contribution in [1.82, 2.24) is 19.4 Å². The molecule has 0 aliphatic carbocycles. The lowest BCUT2D eigenvalue weighted by atomic mass is 9.93. The van der Waals surface area contributed by atoms with E-state index in [-0.39, 0.29) is 41.2 Å². The summed E-state index contributed by atoms with van der Waals surface area (Å²) in [6, 6.07) is 5.21. The van der Waals surface area contributed by atoms with Gasteiger partial charge in [0.15, 0.2) is 11.2 Å². The number of halogens is 1. The molecular weight excluding hydrogens is 485 g/mol. The van der Waals surface area contributed by atoms with Gasteiger partial charge in [-0.15, -0.1) is 0 Å². The average molecular weight is 524 g/mol. The van der Waals surface area contributed by atoms with Crippen LogP contribution in [-0.4, -0.2) is 63.0 Å². The number of hydrogen-bond donors (Lipinski definition) is 2. The number of nitrogens with one attached hydrogen (secondary N) is 1.